The molecule has 0 aromatic carbocycles. The fourth-order valence-electron chi connectivity index (χ4n) is 3.03. The van der Waals surface area contributed by atoms with Gasteiger partial charge >= 0.3 is 6.03 Å². The normalized spacial score (nSPS) is 33.2. The average molecular weight is 225 g/mol. The van der Waals surface area contributed by atoms with Gasteiger partial charge in [0.2, 0.25) is 0 Å². The third-order valence-corrected chi connectivity index (χ3v) is 4.00. The molecule has 0 aromatic rings. The first kappa shape index (κ1) is 11.7. The minimum Gasteiger partial charge on any atom is -0.333 e. The van der Waals surface area contributed by atoms with Gasteiger partial charge in [0, 0.05) is 18.6 Å². The molecule has 92 valence electrons. The molecule has 4 nitrogen and oxygen atoms in total. The molecule has 1 heterocycles. The molecule has 1 aliphatic heterocycles. The molecule has 1 saturated carbocycles. The molecule has 1 aliphatic carbocycles. The summed E-state index contributed by atoms with van der Waals surface area (Å²) < 4.78 is 0. The van der Waals surface area contributed by atoms with Crippen LogP contribution in [0.1, 0.15) is 40.0 Å². The number of hydrogen-bond donors (Lipinski definition) is 2. The van der Waals surface area contributed by atoms with Crippen LogP contribution in [0.5, 0.6) is 0 Å². The summed E-state index contributed by atoms with van der Waals surface area (Å²) in [5, 5.41) is 3.04. The number of fused-ring (bicyclic) bond motifs is 1. The van der Waals surface area contributed by atoms with Gasteiger partial charge < -0.3 is 16.0 Å². The molecular weight excluding hydrogens is 202 g/mol. The van der Waals surface area contributed by atoms with Crippen LogP contribution in [0.3, 0.4) is 0 Å². The summed E-state index contributed by atoms with van der Waals surface area (Å²) in [6, 6.07) is 0.0557. The number of urea groups is 1. The molecule has 2 fully saturated rings. The molecule has 4 heteroatoms. The van der Waals surface area contributed by atoms with Gasteiger partial charge in [0.15, 0.2) is 0 Å². The van der Waals surface area contributed by atoms with Crippen LogP contribution in [0, 0.1) is 5.92 Å². The Labute approximate surface area is 97.6 Å². The third kappa shape index (κ3) is 1.69. The van der Waals surface area contributed by atoms with E-state index in [4.69, 9.17) is 5.73 Å². The first-order chi connectivity index (χ1) is 7.39. The van der Waals surface area contributed by atoms with Crippen molar-refractivity contribution < 1.29 is 4.79 Å². The van der Waals surface area contributed by atoms with Crippen LogP contribution in [0.4, 0.5) is 4.79 Å². The van der Waals surface area contributed by atoms with E-state index in [1.165, 1.54) is 6.42 Å². The number of carbonyl (C=O) groups is 1. The predicted octanol–water partition coefficient (Wildman–Crippen LogP) is 1.31. The maximum Gasteiger partial charge on any atom is 0.318 e. The van der Waals surface area contributed by atoms with Crippen molar-refractivity contribution in [3.63, 3.8) is 0 Å². The molecular formula is C12H23N3O. The van der Waals surface area contributed by atoms with Gasteiger partial charge in [-0.3, -0.25) is 0 Å². The summed E-state index contributed by atoms with van der Waals surface area (Å²) in [7, 11) is 0. The van der Waals surface area contributed by atoms with Crippen LogP contribution in [0.2, 0.25) is 0 Å². The van der Waals surface area contributed by atoms with Crippen molar-refractivity contribution in [3.05, 3.63) is 0 Å². The number of nitrogens with one attached hydrogen (secondary N) is 1. The molecule has 2 amide bonds. The summed E-state index contributed by atoms with van der Waals surface area (Å²) in [5.74, 6) is 0.642. The summed E-state index contributed by atoms with van der Waals surface area (Å²) in [6.45, 7) is 7.50. The second-order valence-electron chi connectivity index (χ2n) is 6.16. The summed E-state index contributed by atoms with van der Waals surface area (Å²) in [6.07, 6.45) is 3.43. The van der Waals surface area contributed by atoms with Crippen molar-refractivity contribution in [2.24, 2.45) is 11.7 Å². The topological polar surface area (TPSA) is 58.4 Å². The second-order valence-corrected chi connectivity index (χ2v) is 6.16. The molecule has 16 heavy (non-hydrogen) atoms. The van der Waals surface area contributed by atoms with Crippen molar-refractivity contribution in [2.45, 2.75) is 51.1 Å². The molecule has 3 N–H and O–H groups in total. The Bertz CT molecular complexity index is 293. The van der Waals surface area contributed by atoms with Crippen LogP contribution in [-0.2, 0) is 0 Å². The lowest BCUT2D eigenvalue weighted by Gasteiger charge is -2.49. The fourth-order valence-corrected chi connectivity index (χ4v) is 3.03. The van der Waals surface area contributed by atoms with Crippen molar-refractivity contribution in [1.82, 2.24) is 10.2 Å². The summed E-state index contributed by atoms with van der Waals surface area (Å²) in [4.78, 5) is 14.2. The van der Waals surface area contributed by atoms with Crippen LogP contribution in [0.15, 0.2) is 0 Å². The van der Waals surface area contributed by atoms with Crippen LogP contribution >= 0.6 is 0 Å². The molecule has 2 atom stereocenters. The number of rotatable bonds is 1. The molecule has 0 spiro atoms. The minimum atomic E-state index is -0.172. The van der Waals surface area contributed by atoms with Crippen molar-refractivity contribution in [2.75, 3.05) is 13.1 Å². The van der Waals surface area contributed by atoms with Crippen LogP contribution < -0.4 is 11.1 Å². The van der Waals surface area contributed by atoms with Crippen LogP contribution in [0.25, 0.3) is 0 Å². The largest absolute Gasteiger partial charge is 0.333 e. The Morgan fingerprint density at radius 3 is 2.62 bits per heavy atom. The lowest BCUT2D eigenvalue weighted by Crippen LogP contribution is -2.63. The zero-order valence-corrected chi connectivity index (χ0v) is 10.5. The van der Waals surface area contributed by atoms with Gasteiger partial charge in [-0.1, -0.05) is 0 Å². The molecule has 1 saturated heterocycles. The van der Waals surface area contributed by atoms with Crippen LogP contribution in [-0.4, -0.2) is 35.1 Å². The van der Waals surface area contributed by atoms with Gasteiger partial charge in [-0.25, -0.2) is 4.79 Å². The van der Waals surface area contributed by atoms with Gasteiger partial charge in [0.1, 0.15) is 0 Å². The first-order valence-electron chi connectivity index (χ1n) is 6.19. The second kappa shape index (κ2) is 3.62. The summed E-state index contributed by atoms with van der Waals surface area (Å²) in [5.41, 5.74) is 5.69. The minimum absolute atomic E-state index is 0.0185. The molecule has 2 aliphatic rings. The molecule has 0 bridgehead atoms. The quantitative estimate of drug-likeness (QED) is 0.707. The Hall–Kier alpha value is -0.770. The van der Waals surface area contributed by atoms with Gasteiger partial charge in [0.05, 0.1) is 5.54 Å². The van der Waals surface area contributed by atoms with Gasteiger partial charge in [-0.15, -0.1) is 0 Å². The van der Waals surface area contributed by atoms with E-state index >= 15 is 0 Å². The average Bonchev–Trinajstić information content (AvgIpc) is 2.36. The third-order valence-electron chi connectivity index (χ3n) is 4.00. The van der Waals surface area contributed by atoms with E-state index in [-0.39, 0.29) is 17.1 Å². The van der Waals surface area contributed by atoms with E-state index in [1.54, 1.807) is 0 Å². The Morgan fingerprint density at radius 1 is 1.50 bits per heavy atom. The Morgan fingerprint density at radius 2 is 2.19 bits per heavy atom. The smallest absolute Gasteiger partial charge is 0.318 e. The van der Waals surface area contributed by atoms with E-state index in [0.717, 1.165) is 19.4 Å². The van der Waals surface area contributed by atoms with E-state index in [9.17, 15) is 4.79 Å². The molecule has 2 rings (SSSR count). The van der Waals surface area contributed by atoms with Gasteiger partial charge in [-0.2, -0.15) is 0 Å². The summed E-state index contributed by atoms with van der Waals surface area (Å²) >= 11 is 0. The number of nitrogens with two attached hydrogens (primary N) is 1. The van der Waals surface area contributed by atoms with E-state index in [0.29, 0.717) is 12.5 Å². The van der Waals surface area contributed by atoms with E-state index in [1.807, 2.05) is 25.7 Å². The number of hydrogen-bond acceptors (Lipinski definition) is 2. The number of carbonyl (C=O) groups excluding carboxylic acids is 1. The lowest BCUT2D eigenvalue weighted by atomic mass is 9.67. The highest BCUT2D eigenvalue weighted by Gasteiger charge is 2.55. The van der Waals surface area contributed by atoms with Crippen molar-refractivity contribution >= 4 is 6.03 Å². The predicted molar refractivity (Wildman–Crippen MR) is 64.1 cm³/mol. The Kier molecular flexibility index (Phi) is 2.65. The van der Waals surface area contributed by atoms with E-state index < -0.39 is 0 Å². The monoisotopic (exact) mass is 225 g/mol. The molecule has 0 radical (unpaired) electrons. The zero-order chi connectivity index (χ0) is 12.0. The van der Waals surface area contributed by atoms with Gasteiger partial charge in [0.25, 0.3) is 0 Å². The highest BCUT2D eigenvalue weighted by Crippen LogP contribution is 2.49. The fraction of sp³-hybridized carbons (Fsp3) is 0.917. The molecule has 0 aromatic heterocycles. The van der Waals surface area contributed by atoms with Crippen molar-refractivity contribution in [1.29, 1.82) is 0 Å². The Balaban J connectivity index is 2.07. The highest BCUT2D eigenvalue weighted by molar-refractivity contribution is 5.76. The highest BCUT2D eigenvalue weighted by atomic mass is 16.2. The van der Waals surface area contributed by atoms with E-state index in [2.05, 4.69) is 5.32 Å². The zero-order valence-electron chi connectivity index (χ0n) is 10.5. The van der Waals surface area contributed by atoms with Crippen molar-refractivity contribution in [3.8, 4) is 0 Å². The SMILES string of the molecule is CC(C)(C)NC(=O)N1CCC2CCC21CN. The first-order valence-corrected chi connectivity index (χ1v) is 6.19. The maximum atomic E-state index is 12.2. The standard InChI is InChI=1S/C12H23N3O/c1-11(2,3)14-10(16)15-7-5-9-4-6-12(9,15)8-13/h9H,4-8,13H2,1-3H3,(H,14,16). The number of nitrogens with zero attached hydrogens (tertiary/aromatic N) is 1. The number of likely N-dealkylation sites (tertiary alicyclic amines) is 1. The maximum absolute atomic E-state index is 12.2. The number of amides is 2. The molecule has 2 unspecified atom stereocenters. The van der Waals surface area contributed by atoms with Gasteiger partial charge in [-0.05, 0) is 46.0 Å². The lowest BCUT2D eigenvalue weighted by molar-refractivity contribution is 0.0486.